The van der Waals surface area contributed by atoms with E-state index in [1.165, 1.54) is 31.2 Å². The standard InChI is InChI=1S/C23H22N2O5S/c1-16(26)24-19-11-13-21(14-12-19)31(29,30)25-20-7-4-5-17(15-20)9-10-18-6-2-3-8-22(18)23(27)28/h2-8,11-15,25H,9-10H2,1H3,(H,24,26)(H,27,28). The largest absolute Gasteiger partial charge is 0.478 e. The van der Waals surface area contributed by atoms with E-state index in [0.29, 0.717) is 24.2 Å². The molecule has 0 unspecified atom stereocenters. The Balaban J connectivity index is 1.71. The van der Waals surface area contributed by atoms with Crippen LogP contribution in [0, 0.1) is 0 Å². The average molecular weight is 439 g/mol. The zero-order valence-electron chi connectivity index (χ0n) is 16.8. The van der Waals surface area contributed by atoms with Gasteiger partial charge in [-0.05, 0) is 66.4 Å². The zero-order valence-corrected chi connectivity index (χ0v) is 17.6. The summed E-state index contributed by atoms with van der Waals surface area (Å²) < 4.78 is 27.9. The van der Waals surface area contributed by atoms with Gasteiger partial charge in [-0.15, -0.1) is 0 Å². The Morgan fingerprint density at radius 3 is 2.26 bits per heavy atom. The maximum atomic E-state index is 12.7. The minimum Gasteiger partial charge on any atom is -0.478 e. The molecule has 31 heavy (non-hydrogen) atoms. The number of aryl methyl sites for hydroxylation is 2. The van der Waals surface area contributed by atoms with E-state index in [0.717, 1.165) is 11.1 Å². The number of sulfonamides is 1. The molecule has 0 aromatic heterocycles. The molecule has 3 aromatic carbocycles. The molecular formula is C23H22N2O5S. The summed E-state index contributed by atoms with van der Waals surface area (Å²) in [4.78, 5) is 22.5. The highest BCUT2D eigenvalue weighted by molar-refractivity contribution is 7.92. The number of amides is 1. The van der Waals surface area contributed by atoms with Crippen LogP contribution in [-0.4, -0.2) is 25.4 Å². The summed E-state index contributed by atoms with van der Waals surface area (Å²) in [6.07, 6.45) is 1.08. The molecule has 0 atom stereocenters. The van der Waals surface area contributed by atoms with Crippen molar-refractivity contribution < 1.29 is 23.1 Å². The highest BCUT2D eigenvalue weighted by atomic mass is 32.2. The van der Waals surface area contributed by atoms with E-state index in [-0.39, 0.29) is 16.4 Å². The molecule has 0 saturated heterocycles. The molecule has 7 nitrogen and oxygen atoms in total. The lowest BCUT2D eigenvalue weighted by atomic mass is 10.00. The molecule has 0 saturated carbocycles. The lowest BCUT2D eigenvalue weighted by molar-refractivity contribution is -0.114. The van der Waals surface area contributed by atoms with E-state index in [1.807, 2.05) is 6.07 Å². The van der Waals surface area contributed by atoms with Gasteiger partial charge >= 0.3 is 5.97 Å². The van der Waals surface area contributed by atoms with Crippen molar-refractivity contribution in [3.63, 3.8) is 0 Å². The first-order valence-corrected chi connectivity index (χ1v) is 11.0. The minimum absolute atomic E-state index is 0.0717. The van der Waals surface area contributed by atoms with Crippen LogP contribution in [0.2, 0.25) is 0 Å². The Morgan fingerprint density at radius 2 is 1.58 bits per heavy atom. The Hall–Kier alpha value is -3.65. The summed E-state index contributed by atoms with van der Waals surface area (Å²) in [5.41, 5.74) is 2.79. The quantitative estimate of drug-likeness (QED) is 0.493. The number of benzene rings is 3. The van der Waals surface area contributed by atoms with Crippen molar-refractivity contribution in [1.29, 1.82) is 0 Å². The van der Waals surface area contributed by atoms with Gasteiger partial charge in [0.25, 0.3) is 10.0 Å². The van der Waals surface area contributed by atoms with Crippen LogP contribution in [0.1, 0.15) is 28.4 Å². The van der Waals surface area contributed by atoms with Crippen molar-refractivity contribution in [2.24, 2.45) is 0 Å². The van der Waals surface area contributed by atoms with Gasteiger partial charge in [-0.2, -0.15) is 0 Å². The van der Waals surface area contributed by atoms with Crippen LogP contribution >= 0.6 is 0 Å². The number of aromatic carboxylic acids is 1. The second-order valence-electron chi connectivity index (χ2n) is 6.97. The van der Waals surface area contributed by atoms with Crippen LogP contribution in [0.15, 0.2) is 77.7 Å². The number of hydrogen-bond donors (Lipinski definition) is 3. The first-order valence-electron chi connectivity index (χ1n) is 9.55. The summed E-state index contributed by atoms with van der Waals surface area (Å²) in [5.74, 6) is -1.21. The molecule has 0 heterocycles. The third kappa shape index (κ3) is 5.93. The van der Waals surface area contributed by atoms with Crippen LogP contribution in [-0.2, 0) is 27.7 Å². The lowest BCUT2D eigenvalue weighted by Crippen LogP contribution is -2.13. The molecule has 3 N–H and O–H groups in total. The first-order chi connectivity index (χ1) is 14.7. The Bertz CT molecular complexity index is 1200. The van der Waals surface area contributed by atoms with E-state index in [4.69, 9.17) is 0 Å². The monoisotopic (exact) mass is 438 g/mol. The molecule has 0 bridgehead atoms. The predicted octanol–water partition coefficient (Wildman–Crippen LogP) is 3.93. The molecule has 0 fully saturated rings. The van der Waals surface area contributed by atoms with Crippen molar-refractivity contribution in [1.82, 2.24) is 0 Å². The van der Waals surface area contributed by atoms with Gasteiger partial charge in [0.2, 0.25) is 5.91 Å². The maximum absolute atomic E-state index is 12.7. The predicted molar refractivity (Wildman–Crippen MR) is 119 cm³/mol. The Morgan fingerprint density at radius 1 is 0.871 bits per heavy atom. The minimum atomic E-state index is -3.80. The molecule has 1 amide bonds. The third-order valence-corrected chi connectivity index (χ3v) is 5.99. The van der Waals surface area contributed by atoms with Crippen LogP contribution in [0.25, 0.3) is 0 Å². The van der Waals surface area contributed by atoms with E-state index in [2.05, 4.69) is 10.0 Å². The fraction of sp³-hybridized carbons (Fsp3) is 0.130. The van der Waals surface area contributed by atoms with Crippen LogP contribution < -0.4 is 10.0 Å². The summed E-state index contributed by atoms with van der Waals surface area (Å²) in [7, 11) is -3.80. The van der Waals surface area contributed by atoms with Crippen molar-refractivity contribution in [2.45, 2.75) is 24.7 Å². The van der Waals surface area contributed by atoms with Crippen LogP contribution in [0.3, 0.4) is 0 Å². The van der Waals surface area contributed by atoms with Crippen molar-refractivity contribution in [3.05, 3.63) is 89.5 Å². The Labute approximate surface area is 180 Å². The molecule has 0 aliphatic rings. The van der Waals surface area contributed by atoms with E-state index < -0.39 is 16.0 Å². The number of nitrogens with one attached hydrogen (secondary N) is 2. The normalized spacial score (nSPS) is 11.0. The second-order valence-corrected chi connectivity index (χ2v) is 8.66. The summed E-state index contributed by atoms with van der Waals surface area (Å²) in [6.45, 7) is 1.37. The van der Waals surface area contributed by atoms with Gasteiger partial charge in [-0.25, -0.2) is 13.2 Å². The van der Waals surface area contributed by atoms with Crippen molar-refractivity contribution in [3.8, 4) is 0 Å². The van der Waals surface area contributed by atoms with Gasteiger partial charge in [-0.3, -0.25) is 9.52 Å². The highest BCUT2D eigenvalue weighted by Crippen LogP contribution is 2.20. The molecule has 160 valence electrons. The van der Waals surface area contributed by atoms with Gasteiger partial charge in [0.05, 0.1) is 10.5 Å². The fourth-order valence-corrected chi connectivity index (χ4v) is 4.20. The van der Waals surface area contributed by atoms with E-state index in [9.17, 15) is 23.1 Å². The number of carbonyl (C=O) groups is 2. The first kappa shape index (κ1) is 22.0. The molecule has 0 radical (unpaired) electrons. The molecule has 0 spiro atoms. The van der Waals surface area contributed by atoms with Crippen molar-refractivity contribution in [2.75, 3.05) is 10.0 Å². The highest BCUT2D eigenvalue weighted by Gasteiger charge is 2.15. The number of hydrogen-bond acceptors (Lipinski definition) is 4. The number of carboxylic acid groups (broad SMARTS) is 1. The molecule has 3 rings (SSSR count). The summed E-state index contributed by atoms with van der Waals surface area (Å²) >= 11 is 0. The molecule has 0 aliphatic heterocycles. The van der Waals surface area contributed by atoms with Gasteiger partial charge in [-0.1, -0.05) is 30.3 Å². The van der Waals surface area contributed by atoms with Gasteiger partial charge in [0, 0.05) is 18.3 Å². The number of rotatable bonds is 8. The topological polar surface area (TPSA) is 113 Å². The number of carbonyl (C=O) groups excluding carboxylic acids is 1. The van der Waals surface area contributed by atoms with Gasteiger partial charge < -0.3 is 10.4 Å². The summed E-state index contributed by atoms with van der Waals surface area (Å²) in [6, 6.07) is 19.7. The fourth-order valence-electron chi connectivity index (χ4n) is 3.15. The average Bonchev–Trinajstić information content (AvgIpc) is 2.72. The summed E-state index contributed by atoms with van der Waals surface area (Å²) in [5, 5.41) is 11.9. The molecule has 3 aromatic rings. The smallest absolute Gasteiger partial charge is 0.335 e. The maximum Gasteiger partial charge on any atom is 0.335 e. The van der Waals surface area contributed by atoms with Crippen molar-refractivity contribution >= 4 is 33.3 Å². The Kier molecular flexibility index (Phi) is 6.71. The van der Waals surface area contributed by atoms with E-state index >= 15 is 0 Å². The third-order valence-electron chi connectivity index (χ3n) is 4.59. The van der Waals surface area contributed by atoms with E-state index in [1.54, 1.807) is 42.5 Å². The molecule has 0 aliphatic carbocycles. The lowest BCUT2D eigenvalue weighted by Gasteiger charge is -2.11. The SMILES string of the molecule is CC(=O)Nc1ccc(S(=O)(=O)Nc2cccc(CCc3ccccc3C(=O)O)c2)cc1. The second kappa shape index (κ2) is 9.44. The number of anilines is 2. The number of carboxylic acids is 1. The van der Waals surface area contributed by atoms with Crippen LogP contribution in [0.4, 0.5) is 11.4 Å². The molecule has 8 heteroatoms. The van der Waals surface area contributed by atoms with Gasteiger partial charge in [0.1, 0.15) is 0 Å². The zero-order chi connectivity index (χ0) is 22.4. The van der Waals surface area contributed by atoms with Gasteiger partial charge in [0.15, 0.2) is 0 Å². The van der Waals surface area contributed by atoms with Crippen LogP contribution in [0.5, 0.6) is 0 Å². The molecular weight excluding hydrogens is 416 g/mol.